The van der Waals surface area contributed by atoms with Crippen LogP contribution in [0.1, 0.15) is 26.2 Å². The maximum Gasteiger partial charge on any atom is 0.460 e. The van der Waals surface area contributed by atoms with E-state index in [0.29, 0.717) is 12.8 Å². The van der Waals surface area contributed by atoms with Crippen LogP contribution in [0, 0.1) is 0 Å². The number of unbranched alkanes of at least 4 members (excludes halogenated alkanes) is 2. The standard InChI is InChI=1S/C9H12F7NO/c1-2-3-4-5-17-6(18)7(10,11)8(12,13)9(14,15)16/h2-5H2,1H3,(H,17,18). The van der Waals surface area contributed by atoms with Gasteiger partial charge in [-0.3, -0.25) is 4.79 Å². The van der Waals surface area contributed by atoms with Crippen molar-refractivity contribution in [2.45, 2.75) is 44.2 Å². The van der Waals surface area contributed by atoms with Crippen molar-refractivity contribution in [1.82, 2.24) is 5.32 Å². The summed E-state index contributed by atoms with van der Waals surface area (Å²) in [5.74, 6) is -14.8. The van der Waals surface area contributed by atoms with Crippen molar-refractivity contribution in [3.05, 3.63) is 0 Å². The van der Waals surface area contributed by atoms with Crippen LogP contribution in [-0.2, 0) is 4.79 Å². The highest BCUT2D eigenvalue weighted by atomic mass is 19.4. The largest absolute Gasteiger partial charge is 0.460 e. The molecule has 0 rings (SSSR count). The summed E-state index contributed by atoms with van der Waals surface area (Å²) in [6.07, 6.45) is -5.07. The zero-order valence-electron chi connectivity index (χ0n) is 9.38. The second-order valence-electron chi connectivity index (χ2n) is 3.61. The van der Waals surface area contributed by atoms with Crippen LogP contribution >= 0.6 is 0 Å². The monoisotopic (exact) mass is 283 g/mol. The summed E-state index contributed by atoms with van der Waals surface area (Å²) in [5, 5.41) is 1.37. The Hall–Kier alpha value is -1.02. The molecule has 0 bridgehead atoms. The number of nitrogens with one attached hydrogen (secondary N) is 1. The topological polar surface area (TPSA) is 29.1 Å². The van der Waals surface area contributed by atoms with E-state index in [1.54, 1.807) is 6.92 Å². The molecule has 108 valence electrons. The normalized spacial score (nSPS) is 13.6. The molecule has 0 aromatic heterocycles. The summed E-state index contributed by atoms with van der Waals surface area (Å²) in [7, 11) is 0. The van der Waals surface area contributed by atoms with Crippen molar-refractivity contribution in [1.29, 1.82) is 0 Å². The fourth-order valence-corrected chi connectivity index (χ4v) is 1.01. The number of amides is 1. The van der Waals surface area contributed by atoms with Crippen molar-refractivity contribution in [3.8, 4) is 0 Å². The van der Waals surface area contributed by atoms with E-state index < -0.39 is 23.9 Å². The van der Waals surface area contributed by atoms with Gasteiger partial charge in [-0.1, -0.05) is 19.8 Å². The number of carbonyl (C=O) groups excluding carboxylic acids is 1. The average molecular weight is 283 g/mol. The third kappa shape index (κ3) is 3.49. The molecule has 0 aromatic rings. The third-order valence-electron chi connectivity index (χ3n) is 2.10. The molecule has 0 unspecified atom stereocenters. The molecule has 0 aliphatic carbocycles. The summed E-state index contributed by atoms with van der Waals surface area (Å²) in [4.78, 5) is 10.7. The van der Waals surface area contributed by atoms with E-state index in [9.17, 15) is 35.5 Å². The van der Waals surface area contributed by atoms with E-state index in [1.165, 1.54) is 5.32 Å². The van der Waals surface area contributed by atoms with E-state index in [2.05, 4.69) is 0 Å². The van der Waals surface area contributed by atoms with Gasteiger partial charge in [-0.05, 0) is 6.42 Å². The first-order chi connectivity index (χ1) is 7.98. The highest BCUT2D eigenvalue weighted by Crippen LogP contribution is 2.46. The molecule has 0 spiro atoms. The second-order valence-corrected chi connectivity index (χ2v) is 3.61. The number of hydrogen-bond donors (Lipinski definition) is 1. The van der Waals surface area contributed by atoms with Gasteiger partial charge in [-0.25, -0.2) is 0 Å². The Kier molecular flexibility index (Phi) is 5.42. The fraction of sp³-hybridized carbons (Fsp3) is 0.889. The maximum absolute atomic E-state index is 12.7. The Labute approximate surface area is 98.5 Å². The van der Waals surface area contributed by atoms with Gasteiger partial charge in [0, 0.05) is 6.54 Å². The number of alkyl halides is 7. The van der Waals surface area contributed by atoms with Crippen molar-refractivity contribution >= 4 is 5.91 Å². The molecular weight excluding hydrogens is 271 g/mol. The van der Waals surface area contributed by atoms with Crippen LogP contribution in [0.15, 0.2) is 0 Å². The van der Waals surface area contributed by atoms with Gasteiger partial charge in [0.25, 0.3) is 5.91 Å². The predicted molar refractivity (Wildman–Crippen MR) is 48.5 cm³/mol. The van der Waals surface area contributed by atoms with E-state index >= 15 is 0 Å². The van der Waals surface area contributed by atoms with Gasteiger partial charge in [0.05, 0.1) is 0 Å². The molecule has 0 heterocycles. The van der Waals surface area contributed by atoms with Gasteiger partial charge in [-0.15, -0.1) is 0 Å². The minimum absolute atomic E-state index is 0.218. The lowest BCUT2D eigenvalue weighted by molar-refractivity contribution is -0.344. The number of halogens is 7. The third-order valence-corrected chi connectivity index (χ3v) is 2.10. The lowest BCUT2D eigenvalue weighted by atomic mass is 10.1. The number of hydrogen-bond acceptors (Lipinski definition) is 1. The zero-order chi connectivity index (χ0) is 14.6. The Bertz CT molecular complexity index is 287. The Balaban J connectivity index is 4.67. The summed E-state index contributed by atoms with van der Waals surface area (Å²) in [6.45, 7) is 1.38. The predicted octanol–water partition coefficient (Wildman–Crippen LogP) is 3.13. The summed E-state index contributed by atoms with van der Waals surface area (Å²) in [5.41, 5.74) is 0. The van der Waals surface area contributed by atoms with Gasteiger partial charge in [0.1, 0.15) is 0 Å². The van der Waals surface area contributed by atoms with Crippen LogP contribution in [-0.4, -0.2) is 30.5 Å². The number of carbonyl (C=O) groups is 1. The Morgan fingerprint density at radius 2 is 1.50 bits per heavy atom. The molecule has 2 nitrogen and oxygen atoms in total. The Morgan fingerprint density at radius 3 is 1.89 bits per heavy atom. The summed E-state index contributed by atoms with van der Waals surface area (Å²) in [6, 6.07) is 0. The molecule has 0 aliphatic rings. The summed E-state index contributed by atoms with van der Waals surface area (Å²) < 4.78 is 85.4. The SMILES string of the molecule is CCCCCNC(=O)C(F)(F)C(F)(F)C(F)(F)F. The summed E-state index contributed by atoms with van der Waals surface area (Å²) >= 11 is 0. The van der Waals surface area contributed by atoms with Crippen LogP contribution in [0.5, 0.6) is 0 Å². The molecule has 0 radical (unpaired) electrons. The highest BCUT2D eigenvalue weighted by Gasteiger charge is 2.76. The van der Waals surface area contributed by atoms with Crippen molar-refractivity contribution in [2.75, 3.05) is 6.54 Å². The average Bonchev–Trinajstić information content (AvgIpc) is 2.22. The van der Waals surface area contributed by atoms with Gasteiger partial charge in [-0.2, -0.15) is 30.7 Å². The van der Waals surface area contributed by atoms with Crippen LogP contribution in [0.25, 0.3) is 0 Å². The van der Waals surface area contributed by atoms with Crippen LogP contribution in [0.2, 0.25) is 0 Å². The molecule has 18 heavy (non-hydrogen) atoms. The van der Waals surface area contributed by atoms with E-state index in [-0.39, 0.29) is 13.0 Å². The van der Waals surface area contributed by atoms with Crippen molar-refractivity contribution in [3.63, 3.8) is 0 Å². The van der Waals surface area contributed by atoms with E-state index in [0.717, 1.165) is 0 Å². The number of rotatable bonds is 6. The first-order valence-corrected chi connectivity index (χ1v) is 5.09. The van der Waals surface area contributed by atoms with E-state index in [1.807, 2.05) is 0 Å². The molecule has 1 amide bonds. The zero-order valence-corrected chi connectivity index (χ0v) is 9.38. The lowest BCUT2D eigenvalue weighted by Crippen LogP contribution is -2.59. The molecule has 0 saturated heterocycles. The fourth-order valence-electron chi connectivity index (χ4n) is 1.01. The molecule has 0 saturated carbocycles. The van der Waals surface area contributed by atoms with Crippen LogP contribution < -0.4 is 5.32 Å². The van der Waals surface area contributed by atoms with Crippen LogP contribution in [0.4, 0.5) is 30.7 Å². The molecule has 1 N–H and O–H groups in total. The smallest absolute Gasteiger partial charge is 0.351 e. The van der Waals surface area contributed by atoms with Crippen molar-refractivity contribution < 1.29 is 35.5 Å². The Morgan fingerprint density at radius 1 is 1.00 bits per heavy atom. The lowest BCUT2D eigenvalue weighted by Gasteiger charge is -2.27. The van der Waals surface area contributed by atoms with Gasteiger partial charge in [0.15, 0.2) is 0 Å². The molecule has 0 atom stereocenters. The van der Waals surface area contributed by atoms with Gasteiger partial charge >= 0.3 is 18.0 Å². The molecule has 9 heteroatoms. The quantitative estimate of drug-likeness (QED) is 0.589. The molecular formula is C9H12F7NO. The van der Waals surface area contributed by atoms with Gasteiger partial charge in [0.2, 0.25) is 0 Å². The molecule has 0 fully saturated rings. The second kappa shape index (κ2) is 5.75. The van der Waals surface area contributed by atoms with Gasteiger partial charge < -0.3 is 5.32 Å². The van der Waals surface area contributed by atoms with E-state index in [4.69, 9.17) is 0 Å². The first-order valence-electron chi connectivity index (χ1n) is 5.09. The maximum atomic E-state index is 12.7. The van der Waals surface area contributed by atoms with Crippen LogP contribution in [0.3, 0.4) is 0 Å². The minimum Gasteiger partial charge on any atom is -0.351 e. The highest BCUT2D eigenvalue weighted by molar-refractivity contribution is 5.84. The first kappa shape index (κ1) is 17.0. The molecule has 0 aliphatic heterocycles. The molecule has 0 aromatic carbocycles. The minimum atomic E-state index is -6.49. The van der Waals surface area contributed by atoms with Crippen molar-refractivity contribution in [2.24, 2.45) is 0 Å².